The van der Waals surface area contributed by atoms with Gasteiger partial charge in [0.05, 0.1) is 24.1 Å². The molecule has 22 heavy (non-hydrogen) atoms. The third-order valence-electron chi connectivity index (χ3n) is 3.88. The molecule has 1 aromatic heterocycles. The standard InChI is InChI=1S/C16H26N4O2/c1-12-9-20(10-13(2)22-12)16(3,4)11-18-15(21)19-14-6-5-7-17-8-14/h5-8,12-13H,9-11H2,1-4H3,(H2,18,19,21). The summed E-state index contributed by atoms with van der Waals surface area (Å²) < 4.78 is 5.77. The summed E-state index contributed by atoms with van der Waals surface area (Å²) in [6.45, 7) is 10.8. The largest absolute Gasteiger partial charge is 0.373 e. The van der Waals surface area contributed by atoms with Crippen molar-refractivity contribution in [3.05, 3.63) is 24.5 Å². The highest BCUT2D eigenvalue weighted by molar-refractivity contribution is 5.88. The van der Waals surface area contributed by atoms with Crippen molar-refractivity contribution in [2.45, 2.75) is 45.4 Å². The van der Waals surface area contributed by atoms with Gasteiger partial charge in [-0.1, -0.05) is 0 Å². The molecule has 1 fully saturated rings. The topological polar surface area (TPSA) is 66.5 Å². The molecular formula is C16H26N4O2. The van der Waals surface area contributed by atoms with E-state index < -0.39 is 0 Å². The molecule has 0 radical (unpaired) electrons. The van der Waals surface area contributed by atoms with Gasteiger partial charge in [0.1, 0.15) is 0 Å². The molecule has 6 nitrogen and oxygen atoms in total. The molecule has 0 aliphatic carbocycles. The monoisotopic (exact) mass is 306 g/mol. The minimum atomic E-state index is -0.213. The van der Waals surface area contributed by atoms with Crippen LogP contribution in [0.25, 0.3) is 0 Å². The van der Waals surface area contributed by atoms with Crippen molar-refractivity contribution in [2.24, 2.45) is 0 Å². The molecule has 1 aliphatic rings. The minimum Gasteiger partial charge on any atom is -0.373 e. The number of urea groups is 1. The van der Waals surface area contributed by atoms with Gasteiger partial charge < -0.3 is 15.4 Å². The number of aromatic nitrogens is 1. The fraction of sp³-hybridized carbons (Fsp3) is 0.625. The number of carbonyl (C=O) groups excluding carboxylic acids is 1. The van der Waals surface area contributed by atoms with Gasteiger partial charge in [-0.15, -0.1) is 0 Å². The zero-order valence-electron chi connectivity index (χ0n) is 13.8. The van der Waals surface area contributed by atoms with Crippen LogP contribution in [0.15, 0.2) is 24.5 Å². The smallest absolute Gasteiger partial charge is 0.319 e. The van der Waals surface area contributed by atoms with E-state index in [-0.39, 0.29) is 23.8 Å². The second-order valence-electron chi connectivity index (χ2n) is 6.52. The Labute approximate surface area is 132 Å². The number of morpholine rings is 1. The van der Waals surface area contributed by atoms with Crippen LogP contribution in [0, 0.1) is 0 Å². The fourth-order valence-electron chi connectivity index (χ4n) is 2.69. The summed E-state index contributed by atoms with van der Waals surface area (Å²) in [5.41, 5.74) is 0.560. The van der Waals surface area contributed by atoms with Crippen LogP contribution in [-0.4, -0.2) is 53.3 Å². The molecule has 6 heteroatoms. The summed E-state index contributed by atoms with van der Waals surface area (Å²) in [4.78, 5) is 18.3. The van der Waals surface area contributed by atoms with Gasteiger partial charge in [-0.25, -0.2) is 4.79 Å². The number of pyridine rings is 1. The van der Waals surface area contributed by atoms with E-state index in [1.807, 2.05) is 6.07 Å². The second-order valence-corrected chi connectivity index (χ2v) is 6.52. The average molecular weight is 306 g/mol. The van der Waals surface area contributed by atoms with E-state index in [1.165, 1.54) is 0 Å². The summed E-state index contributed by atoms with van der Waals surface area (Å²) in [7, 11) is 0. The Morgan fingerprint density at radius 1 is 1.41 bits per heavy atom. The Balaban J connectivity index is 1.85. The van der Waals surface area contributed by atoms with E-state index in [1.54, 1.807) is 18.5 Å². The molecule has 2 amide bonds. The quantitative estimate of drug-likeness (QED) is 0.894. The molecule has 2 rings (SSSR count). The van der Waals surface area contributed by atoms with Crippen LogP contribution in [0.4, 0.5) is 10.5 Å². The normalized spacial score (nSPS) is 23.1. The zero-order chi connectivity index (χ0) is 16.2. The number of hydrogen-bond acceptors (Lipinski definition) is 4. The molecule has 0 aromatic carbocycles. The van der Waals surface area contributed by atoms with Gasteiger partial charge in [-0.2, -0.15) is 0 Å². The van der Waals surface area contributed by atoms with E-state index in [4.69, 9.17) is 4.74 Å². The van der Waals surface area contributed by atoms with E-state index in [0.29, 0.717) is 12.2 Å². The fourth-order valence-corrected chi connectivity index (χ4v) is 2.69. The Kier molecular flexibility index (Phi) is 5.37. The number of rotatable bonds is 4. The predicted molar refractivity (Wildman–Crippen MR) is 86.9 cm³/mol. The first-order valence-corrected chi connectivity index (χ1v) is 7.72. The maximum Gasteiger partial charge on any atom is 0.319 e. The number of nitrogens with zero attached hydrogens (tertiary/aromatic N) is 2. The molecule has 1 aromatic rings. The second kappa shape index (κ2) is 7.07. The highest BCUT2D eigenvalue weighted by atomic mass is 16.5. The lowest BCUT2D eigenvalue weighted by molar-refractivity contribution is -0.0947. The Bertz CT molecular complexity index is 482. The lowest BCUT2D eigenvalue weighted by Crippen LogP contribution is -2.58. The van der Waals surface area contributed by atoms with Gasteiger partial charge in [0.15, 0.2) is 0 Å². The van der Waals surface area contributed by atoms with Gasteiger partial charge in [-0.05, 0) is 39.8 Å². The maximum absolute atomic E-state index is 12.0. The molecule has 2 atom stereocenters. The lowest BCUT2D eigenvalue weighted by Gasteiger charge is -2.45. The molecule has 122 valence electrons. The Hall–Kier alpha value is -1.66. The van der Waals surface area contributed by atoms with Crippen molar-refractivity contribution < 1.29 is 9.53 Å². The Morgan fingerprint density at radius 2 is 2.09 bits per heavy atom. The van der Waals surface area contributed by atoms with E-state index in [9.17, 15) is 4.79 Å². The predicted octanol–water partition coefficient (Wildman–Crippen LogP) is 2.09. The van der Waals surface area contributed by atoms with Crippen molar-refractivity contribution in [3.8, 4) is 0 Å². The van der Waals surface area contributed by atoms with Crippen LogP contribution in [0.5, 0.6) is 0 Å². The molecule has 1 aliphatic heterocycles. The van der Waals surface area contributed by atoms with Crippen molar-refractivity contribution in [2.75, 3.05) is 25.0 Å². The summed E-state index contributed by atoms with van der Waals surface area (Å²) in [6.07, 6.45) is 3.72. The summed E-state index contributed by atoms with van der Waals surface area (Å²) in [6, 6.07) is 3.38. The molecule has 1 saturated heterocycles. The Morgan fingerprint density at radius 3 is 2.68 bits per heavy atom. The van der Waals surface area contributed by atoms with Crippen LogP contribution < -0.4 is 10.6 Å². The molecular weight excluding hydrogens is 280 g/mol. The molecule has 2 N–H and O–H groups in total. The molecule has 0 bridgehead atoms. The highest BCUT2D eigenvalue weighted by Gasteiger charge is 2.33. The summed E-state index contributed by atoms with van der Waals surface area (Å²) >= 11 is 0. The summed E-state index contributed by atoms with van der Waals surface area (Å²) in [5.74, 6) is 0. The summed E-state index contributed by atoms with van der Waals surface area (Å²) in [5, 5.41) is 5.72. The van der Waals surface area contributed by atoms with Gasteiger partial charge in [-0.3, -0.25) is 9.88 Å². The van der Waals surface area contributed by atoms with Crippen LogP contribution in [-0.2, 0) is 4.74 Å². The van der Waals surface area contributed by atoms with Crippen LogP contribution in [0.2, 0.25) is 0 Å². The SMILES string of the molecule is CC1CN(C(C)(C)CNC(=O)Nc2cccnc2)CC(C)O1. The maximum atomic E-state index is 12.0. The van der Waals surface area contributed by atoms with Crippen LogP contribution in [0.1, 0.15) is 27.7 Å². The number of nitrogens with one attached hydrogen (secondary N) is 2. The first-order chi connectivity index (χ1) is 10.4. The van der Waals surface area contributed by atoms with Crippen molar-refractivity contribution in [1.82, 2.24) is 15.2 Å². The molecule has 0 saturated carbocycles. The van der Waals surface area contributed by atoms with Gasteiger partial charge in [0, 0.05) is 31.4 Å². The zero-order valence-corrected chi connectivity index (χ0v) is 13.8. The van der Waals surface area contributed by atoms with Crippen LogP contribution in [0.3, 0.4) is 0 Å². The molecule has 2 unspecified atom stereocenters. The third-order valence-corrected chi connectivity index (χ3v) is 3.88. The van der Waals surface area contributed by atoms with Crippen LogP contribution >= 0.6 is 0 Å². The van der Waals surface area contributed by atoms with E-state index in [0.717, 1.165) is 13.1 Å². The minimum absolute atomic E-state index is 0.126. The first kappa shape index (κ1) is 16.7. The highest BCUT2D eigenvalue weighted by Crippen LogP contribution is 2.20. The number of ether oxygens (including phenoxy) is 1. The van der Waals surface area contributed by atoms with E-state index in [2.05, 4.69) is 48.2 Å². The molecule has 2 heterocycles. The number of anilines is 1. The number of amides is 2. The third kappa shape index (κ3) is 4.68. The van der Waals surface area contributed by atoms with Gasteiger partial charge >= 0.3 is 6.03 Å². The molecule has 0 spiro atoms. The van der Waals surface area contributed by atoms with Crippen molar-refractivity contribution in [1.29, 1.82) is 0 Å². The van der Waals surface area contributed by atoms with Gasteiger partial charge in [0.25, 0.3) is 0 Å². The lowest BCUT2D eigenvalue weighted by atomic mass is 10.00. The van der Waals surface area contributed by atoms with Crippen molar-refractivity contribution >= 4 is 11.7 Å². The van der Waals surface area contributed by atoms with Crippen molar-refractivity contribution in [3.63, 3.8) is 0 Å². The first-order valence-electron chi connectivity index (χ1n) is 7.72. The number of hydrogen-bond donors (Lipinski definition) is 2. The van der Waals surface area contributed by atoms with Gasteiger partial charge in [0.2, 0.25) is 0 Å². The van der Waals surface area contributed by atoms with E-state index >= 15 is 0 Å². The number of carbonyl (C=O) groups is 1. The average Bonchev–Trinajstić information content (AvgIpc) is 2.45.